The third-order valence-electron chi connectivity index (χ3n) is 4.30. The highest BCUT2D eigenvalue weighted by atomic mass is 28.4. The number of carbonyl (C=O) groups excluding carboxylic acids is 1. The molecule has 1 aliphatic rings. The standard InChI is InChI=1S/C13H27NO3Si/c1-5-18(6-2,7-3)17-11-12-9-8-10-14(12)13(15)16-4/h12H,5-11H2,1-4H3. The highest BCUT2D eigenvalue weighted by Gasteiger charge is 2.34. The van der Waals surface area contributed by atoms with E-state index in [4.69, 9.17) is 9.16 Å². The molecule has 1 heterocycles. The quantitative estimate of drug-likeness (QED) is 0.697. The van der Waals surface area contributed by atoms with E-state index in [-0.39, 0.29) is 12.1 Å². The van der Waals surface area contributed by atoms with Crippen molar-refractivity contribution in [3.8, 4) is 0 Å². The number of carbonyl (C=O) groups is 1. The number of methoxy groups -OCH3 is 1. The lowest BCUT2D eigenvalue weighted by molar-refractivity contribution is 0.104. The van der Waals surface area contributed by atoms with Crippen molar-refractivity contribution < 1.29 is 14.0 Å². The fourth-order valence-corrected chi connectivity index (χ4v) is 5.35. The molecule has 1 unspecified atom stereocenters. The van der Waals surface area contributed by atoms with E-state index in [1.165, 1.54) is 7.11 Å². The van der Waals surface area contributed by atoms with Gasteiger partial charge < -0.3 is 14.1 Å². The highest BCUT2D eigenvalue weighted by Crippen LogP contribution is 2.25. The van der Waals surface area contributed by atoms with E-state index in [0.29, 0.717) is 6.61 Å². The molecule has 0 aromatic rings. The summed E-state index contributed by atoms with van der Waals surface area (Å²) in [7, 11) is -0.0921. The van der Waals surface area contributed by atoms with Crippen LogP contribution in [0.5, 0.6) is 0 Å². The van der Waals surface area contributed by atoms with Crippen LogP contribution >= 0.6 is 0 Å². The van der Waals surface area contributed by atoms with Crippen LogP contribution in [0.4, 0.5) is 4.79 Å². The predicted molar refractivity (Wildman–Crippen MR) is 75.3 cm³/mol. The molecule has 0 aliphatic carbocycles. The summed E-state index contributed by atoms with van der Waals surface area (Å²) in [6, 6.07) is 3.69. The Morgan fingerprint density at radius 1 is 1.28 bits per heavy atom. The molecule has 0 bridgehead atoms. The predicted octanol–water partition coefficient (Wildman–Crippen LogP) is 3.24. The maximum Gasteiger partial charge on any atom is 0.409 e. The zero-order valence-electron chi connectivity index (χ0n) is 12.2. The Kier molecular flexibility index (Phi) is 6.15. The Balaban J connectivity index is 2.53. The summed E-state index contributed by atoms with van der Waals surface area (Å²) >= 11 is 0. The molecule has 1 saturated heterocycles. The van der Waals surface area contributed by atoms with Gasteiger partial charge in [-0.3, -0.25) is 0 Å². The average Bonchev–Trinajstić information content (AvgIpc) is 2.88. The molecule has 4 nitrogen and oxygen atoms in total. The van der Waals surface area contributed by atoms with Crippen LogP contribution in [0.1, 0.15) is 33.6 Å². The fourth-order valence-electron chi connectivity index (χ4n) is 2.70. The van der Waals surface area contributed by atoms with E-state index >= 15 is 0 Å². The van der Waals surface area contributed by atoms with Gasteiger partial charge in [-0.15, -0.1) is 0 Å². The summed E-state index contributed by atoms with van der Waals surface area (Å²) in [6.07, 6.45) is 1.89. The zero-order valence-corrected chi connectivity index (χ0v) is 13.2. The smallest absolute Gasteiger partial charge is 0.409 e. The Morgan fingerprint density at radius 3 is 2.39 bits per heavy atom. The van der Waals surface area contributed by atoms with Gasteiger partial charge in [-0.2, -0.15) is 0 Å². The van der Waals surface area contributed by atoms with E-state index in [1.54, 1.807) is 0 Å². The molecule has 0 saturated carbocycles. The van der Waals surface area contributed by atoms with Crippen LogP contribution in [0.2, 0.25) is 18.1 Å². The molecule has 1 amide bonds. The Bertz CT molecular complexity index is 261. The van der Waals surface area contributed by atoms with Crippen molar-refractivity contribution in [3.05, 3.63) is 0 Å². The van der Waals surface area contributed by atoms with Gasteiger partial charge in [0.25, 0.3) is 0 Å². The molecule has 5 heteroatoms. The molecular formula is C13H27NO3Si. The van der Waals surface area contributed by atoms with Gasteiger partial charge in [-0.05, 0) is 31.0 Å². The van der Waals surface area contributed by atoms with Crippen molar-refractivity contribution >= 4 is 14.4 Å². The summed E-state index contributed by atoms with van der Waals surface area (Å²) in [5.74, 6) is 0. The second-order valence-electron chi connectivity index (χ2n) is 5.01. The van der Waals surface area contributed by atoms with Gasteiger partial charge in [0.2, 0.25) is 0 Å². The van der Waals surface area contributed by atoms with Crippen molar-refractivity contribution in [2.75, 3.05) is 20.3 Å². The van der Waals surface area contributed by atoms with E-state index in [9.17, 15) is 4.79 Å². The lowest BCUT2D eigenvalue weighted by atomic mass is 10.2. The number of ether oxygens (including phenoxy) is 1. The van der Waals surface area contributed by atoms with Crippen molar-refractivity contribution in [1.29, 1.82) is 0 Å². The minimum absolute atomic E-state index is 0.210. The van der Waals surface area contributed by atoms with Crippen LogP contribution in [-0.4, -0.2) is 45.6 Å². The molecule has 18 heavy (non-hydrogen) atoms. The van der Waals surface area contributed by atoms with E-state index in [2.05, 4.69) is 20.8 Å². The van der Waals surface area contributed by atoms with Crippen molar-refractivity contribution in [2.24, 2.45) is 0 Å². The number of hydrogen-bond donors (Lipinski definition) is 0. The molecule has 0 aromatic heterocycles. The third-order valence-corrected chi connectivity index (χ3v) is 8.95. The Hall–Kier alpha value is -0.553. The van der Waals surface area contributed by atoms with Crippen molar-refractivity contribution in [1.82, 2.24) is 4.90 Å². The minimum atomic E-state index is -1.54. The largest absolute Gasteiger partial charge is 0.453 e. The van der Waals surface area contributed by atoms with Crippen LogP contribution in [-0.2, 0) is 9.16 Å². The van der Waals surface area contributed by atoms with Gasteiger partial charge in [-0.1, -0.05) is 20.8 Å². The lowest BCUT2D eigenvalue weighted by Gasteiger charge is -2.31. The lowest BCUT2D eigenvalue weighted by Crippen LogP contribution is -2.43. The number of rotatable bonds is 6. The number of hydrogen-bond acceptors (Lipinski definition) is 3. The van der Waals surface area contributed by atoms with Crippen LogP contribution in [0.15, 0.2) is 0 Å². The van der Waals surface area contributed by atoms with E-state index < -0.39 is 8.32 Å². The molecule has 1 rings (SSSR count). The molecule has 0 spiro atoms. The number of likely N-dealkylation sites (tertiary alicyclic amines) is 1. The van der Waals surface area contributed by atoms with Gasteiger partial charge in [0, 0.05) is 6.54 Å². The molecule has 0 radical (unpaired) electrons. The van der Waals surface area contributed by atoms with Gasteiger partial charge in [-0.25, -0.2) is 4.79 Å². The van der Waals surface area contributed by atoms with Gasteiger partial charge in [0.15, 0.2) is 8.32 Å². The summed E-state index contributed by atoms with van der Waals surface area (Å²) in [6.45, 7) is 8.18. The first kappa shape index (κ1) is 15.5. The van der Waals surface area contributed by atoms with Crippen molar-refractivity contribution in [2.45, 2.75) is 57.8 Å². The average molecular weight is 273 g/mol. The van der Waals surface area contributed by atoms with Crippen molar-refractivity contribution in [3.63, 3.8) is 0 Å². The maximum atomic E-state index is 11.6. The van der Waals surface area contributed by atoms with Crippen LogP contribution in [0, 0.1) is 0 Å². The molecule has 1 fully saturated rings. The van der Waals surface area contributed by atoms with E-state index in [0.717, 1.165) is 37.5 Å². The fraction of sp³-hybridized carbons (Fsp3) is 0.923. The van der Waals surface area contributed by atoms with Gasteiger partial charge in [0.1, 0.15) is 0 Å². The highest BCUT2D eigenvalue weighted by molar-refractivity contribution is 6.73. The summed E-state index contributed by atoms with van der Waals surface area (Å²) in [5, 5.41) is 0. The summed E-state index contributed by atoms with van der Waals surface area (Å²) < 4.78 is 11.1. The van der Waals surface area contributed by atoms with Gasteiger partial charge >= 0.3 is 6.09 Å². The second-order valence-corrected chi connectivity index (χ2v) is 9.79. The Labute approximate surface area is 112 Å². The first-order valence-corrected chi connectivity index (χ1v) is 9.64. The number of amides is 1. The summed E-state index contributed by atoms with van der Waals surface area (Å²) in [5.41, 5.74) is 0. The first-order chi connectivity index (χ1) is 8.62. The molecule has 1 aliphatic heterocycles. The van der Waals surface area contributed by atoms with Crippen LogP contribution in [0.3, 0.4) is 0 Å². The minimum Gasteiger partial charge on any atom is -0.453 e. The molecule has 106 valence electrons. The third kappa shape index (κ3) is 3.48. The van der Waals surface area contributed by atoms with E-state index in [1.807, 2.05) is 4.90 Å². The van der Waals surface area contributed by atoms with Gasteiger partial charge in [0.05, 0.1) is 19.8 Å². The number of nitrogens with zero attached hydrogens (tertiary/aromatic N) is 1. The molecule has 0 aromatic carbocycles. The second kappa shape index (κ2) is 7.14. The monoisotopic (exact) mass is 273 g/mol. The first-order valence-electron chi connectivity index (χ1n) is 7.11. The maximum absolute atomic E-state index is 11.6. The molecule has 0 N–H and O–H groups in total. The van der Waals surface area contributed by atoms with Crippen LogP contribution in [0.25, 0.3) is 0 Å². The Morgan fingerprint density at radius 2 is 1.89 bits per heavy atom. The normalized spacial score (nSPS) is 20.2. The SMILES string of the molecule is CC[Si](CC)(CC)OCC1CCCN1C(=O)OC. The molecule has 1 atom stereocenters. The summed E-state index contributed by atoms with van der Waals surface area (Å²) in [4.78, 5) is 13.4. The topological polar surface area (TPSA) is 38.8 Å². The zero-order chi connectivity index (χ0) is 13.6. The molecular weight excluding hydrogens is 246 g/mol. The van der Waals surface area contributed by atoms with Crippen LogP contribution < -0.4 is 0 Å².